The van der Waals surface area contributed by atoms with Crippen molar-refractivity contribution in [2.24, 2.45) is 0 Å². The number of benzene rings is 1. The van der Waals surface area contributed by atoms with E-state index in [4.69, 9.17) is 16.3 Å². The maximum Gasteiger partial charge on any atom is 0.253 e. The molecular formula is C10H10ClNO3. The van der Waals surface area contributed by atoms with Gasteiger partial charge in [0.2, 0.25) is 0 Å². The second-order valence-corrected chi connectivity index (χ2v) is 3.64. The molecule has 0 aliphatic carbocycles. The van der Waals surface area contributed by atoms with Gasteiger partial charge >= 0.3 is 0 Å². The molecule has 1 aromatic carbocycles. The fraction of sp³-hybridized carbons (Fsp3) is 0.300. The number of rotatable bonds is 1. The molecule has 1 aromatic rings. The van der Waals surface area contributed by atoms with Gasteiger partial charge in [-0.25, -0.2) is 0 Å². The molecule has 1 aliphatic rings. The van der Waals surface area contributed by atoms with E-state index in [0.29, 0.717) is 23.9 Å². The molecule has 0 saturated carbocycles. The molecule has 15 heavy (non-hydrogen) atoms. The fourth-order valence-electron chi connectivity index (χ4n) is 1.49. The molecule has 0 bridgehead atoms. The summed E-state index contributed by atoms with van der Waals surface area (Å²) in [6.07, 6.45) is 0. The summed E-state index contributed by atoms with van der Waals surface area (Å²) in [4.78, 5) is 13.1. The van der Waals surface area contributed by atoms with Crippen LogP contribution < -0.4 is 4.90 Å². The van der Waals surface area contributed by atoms with E-state index in [1.807, 2.05) is 0 Å². The third-order valence-corrected chi connectivity index (χ3v) is 2.51. The van der Waals surface area contributed by atoms with E-state index in [9.17, 15) is 9.90 Å². The molecule has 0 unspecified atom stereocenters. The summed E-state index contributed by atoms with van der Waals surface area (Å²) in [5.74, 6) is -0.0294. The second kappa shape index (κ2) is 4.08. The van der Waals surface area contributed by atoms with Gasteiger partial charge in [0.25, 0.3) is 5.91 Å². The van der Waals surface area contributed by atoms with Crippen LogP contribution >= 0.6 is 11.6 Å². The van der Waals surface area contributed by atoms with Crippen LogP contribution in [0.15, 0.2) is 18.2 Å². The van der Waals surface area contributed by atoms with E-state index in [1.54, 1.807) is 11.0 Å². The Morgan fingerprint density at radius 1 is 1.47 bits per heavy atom. The molecule has 0 atom stereocenters. The third-order valence-electron chi connectivity index (χ3n) is 2.21. The van der Waals surface area contributed by atoms with E-state index >= 15 is 0 Å². The van der Waals surface area contributed by atoms with Crippen molar-refractivity contribution in [3.8, 4) is 5.75 Å². The lowest BCUT2D eigenvalue weighted by Gasteiger charge is -2.27. The van der Waals surface area contributed by atoms with Gasteiger partial charge in [-0.1, -0.05) is 11.6 Å². The minimum absolute atomic E-state index is 0.0806. The molecule has 1 fully saturated rings. The zero-order chi connectivity index (χ0) is 10.8. The molecule has 1 amide bonds. The van der Waals surface area contributed by atoms with E-state index in [2.05, 4.69) is 0 Å². The molecule has 5 heteroatoms. The normalized spacial score (nSPS) is 16.9. The molecule has 80 valence electrons. The summed E-state index contributed by atoms with van der Waals surface area (Å²) in [5, 5.41) is 9.56. The molecule has 0 aromatic heterocycles. The van der Waals surface area contributed by atoms with Gasteiger partial charge in [0.05, 0.1) is 17.3 Å². The Balaban J connectivity index is 2.31. The number of ether oxygens (including phenoxy) is 1. The highest BCUT2D eigenvalue weighted by molar-refractivity contribution is 6.34. The van der Waals surface area contributed by atoms with Gasteiger partial charge in [-0.2, -0.15) is 0 Å². The van der Waals surface area contributed by atoms with Crippen molar-refractivity contribution in [2.45, 2.75) is 0 Å². The van der Waals surface area contributed by atoms with Gasteiger partial charge in [0.15, 0.2) is 0 Å². The van der Waals surface area contributed by atoms with Crippen molar-refractivity contribution < 1.29 is 14.6 Å². The summed E-state index contributed by atoms with van der Waals surface area (Å²) in [6.45, 7) is 1.07. The highest BCUT2D eigenvalue weighted by Crippen LogP contribution is 2.29. The van der Waals surface area contributed by atoms with Crippen molar-refractivity contribution >= 4 is 23.2 Å². The third kappa shape index (κ3) is 2.06. The smallest absolute Gasteiger partial charge is 0.253 e. The molecule has 1 aliphatic heterocycles. The summed E-state index contributed by atoms with van der Waals surface area (Å²) < 4.78 is 5.01. The van der Waals surface area contributed by atoms with Crippen molar-refractivity contribution in [1.82, 2.24) is 0 Å². The lowest BCUT2D eigenvalue weighted by molar-refractivity contribution is -0.125. The van der Waals surface area contributed by atoms with Gasteiger partial charge in [0.1, 0.15) is 12.4 Å². The monoisotopic (exact) mass is 227 g/mol. The number of aromatic hydroxyl groups is 1. The predicted octanol–water partition coefficient (Wildman–Crippen LogP) is 1.41. The number of hydrogen-bond donors (Lipinski definition) is 1. The zero-order valence-electron chi connectivity index (χ0n) is 7.94. The molecule has 4 nitrogen and oxygen atoms in total. The van der Waals surface area contributed by atoms with Gasteiger partial charge in [-0.3, -0.25) is 4.79 Å². The topological polar surface area (TPSA) is 49.8 Å². The van der Waals surface area contributed by atoms with Crippen LogP contribution in [0, 0.1) is 0 Å². The van der Waals surface area contributed by atoms with Gasteiger partial charge in [0, 0.05) is 12.6 Å². The number of phenols is 1. The number of amides is 1. The second-order valence-electron chi connectivity index (χ2n) is 3.23. The minimum atomic E-state index is -0.117. The van der Waals surface area contributed by atoms with Gasteiger partial charge in [-0.15, -0.1) is 0 Å². The molecular weight excluding hydrogens is 218 g/mol. The van der Waals surface area contributed by atoms with Crippen LogP contribution in [0.1, 0.15) is 0 Å². The van der Waals surface area contributed by atoms with Crippen LogP contribution in [0.2, 0.25) is 5.02 Å². The number of carbonyl (C=O) groups is 1. The van der Waals surface area contributed by atoms with Crippen molar-refractivity contribution in [3.63, 3.8) is 0 Å². The van der Waals surface area contributed by atoms with E-state index in [-0.39, 0.29) is 18.3 Å². The van der Waals surface area contributed by atoms with E-state index in [0.717, 1.165) is 0 Å². The van der Waals surface area contributed by atoms with Crippen molar-refractivity contribution in [3.05, 3.63) is 23.2 Å². The number of anilines is 1. The maximum atomic E-state index is 11.5. The molecule has 1 saturated heterocycles. The molecule has 2 rings (SSSR count). The van der Waals surface area contributed by atoms with Crippen molar-refractivity contribution in [2.75, 3.05) is 24.7 Å². The summed E-state index contributed by atoms with van der Waals surface area (Å²) in [5.41, 5.74) is 0.614. The number of hydrogen-bond acceptors (Lipinski definition) is 3. The standard InChI is InChI=1S/C10H10ClNO3/c11-8-5-7(13)1-2-9(8)12-3-4-15-6-10(12)14/h1-2,5,13H,3-4,6H2. The number of nitrogens with zero attached hydrogens (tertiary/aromatic N) is 1. The number of halogens is 1. The highest BCUT2D eigenvalue weighted by atomic mass is 35.5. The van der Waals surface area contributed by atoms with Crippen molar-refractivity contribution in [1.29, 1.82) is 0 Å². The fourth-order valence-corrected chi connectivity index (χ4v) is 1.76. The lowest BCUT2D eigenvalue weighted by Crippen LogP contribution is -2.41. The Hall–Kier alpha value is -1.26. The Morgan fingerprint density at radius 3 is 2.93 bits per heavy atom. The average molecular weight is 228 g/mol. The van der Waals surface area contributed by atoms with Crippen LogP contribution in [-0.2, 0) is 9.53 Å². The number of morpholine rings is 1. The SMILES string of the molecule is O=C1COCCN1c1ccc(O)cc1Cl. The summed E-state index contributed by atoms with van der Waals surface area (Å²) in [6, 6.07) is 4.55. The predicted molar refractivity (Wildman–Crippen MR) is 56.3 cm³/mol. The molecule has 0 spiro atoms. The molecule has 1 N–H and O–H groups in total. The van der Waals surface area contributed by atoms with Crippen LogP contribution in [0.5, 0.6) is 5.75 Å². The van der Waals surface area contributed by atoms with E-state index < -0.39 is 0 Å². The number of phenolic OH excluding ortho intramolecular Hbond substituents is 1. The highest BCUT2D eigenvalue weighted by Gasteiger charge is 2.21. The largest absolute Gasteiger partial charge is 0.508 e. The van der Waals surface area contributed by atoms with Gasteiger partial charge < -0.3 is 14.7 Å². The minimum Gasteiger partial charge on any atom is -0.508 e. The maximum absolute atomic E-state index is 11.5. The van der Waals surface area contributed by atoms with E-state index in [1.165, 1.54) is 12.1 Å². The van der Waals surface area contributed by atoms with Crippen LogP contribution in [0.25, 0.3) is 0 Å². The first-order valence-corrected chi connectivity index (χ1v) is 4.93. The summed E-state index contributed by atoms with van der Waals surface area (Å²) >= 11 is 5.93. The zero-order valence-corrected chi connectivity index (χ0v) is 8.70. The molecule has 1 heterocycles. The Bertz CT molecular complexity index is 394. The van der Waals surface area contributed by atoms with Gasteiger partial charge in [-0.05, 0) is 12.1 Å². The molecule has 0 radical (unpaired) electrons. The first kappa shape index (κ1) is 10.3. The average Bonchev–Trinajstić information content (AvgIpc) is 2.20. The Labute approximate surface area is 92.0 Å². The Kier molecular flexibility index (Phi) is 2.79. The lowest BCUT2D eigenvalue weighted by atomic mass is 10.2. The first-order chi connectivity index (χ1) is 7.18. The summed E-state index contributed by atoms with van der Waals surface area (Å²) in [7, 11) is 0. The van der Waals surface area contributed by atoms with Crippen LogP contribution in [-0.4, -0.2) is 30.8 Å². The quantitative estimate of drug-likeness (QED) is 0.789. The number of carbonyl (C=O) groups excluding carboxylic acids is 1. The Morgan fingerprint density at radius 2 is 2.27 bits per heavy atom. The first-order valence-electron chi connectivity index (χ1n) is 4.55. The van der Waals surface area contributed by atoms with Crippen LogP contribution in [0.3, 0.4) is 0 Å². The van der Waals surface area contributed by atoms with Crippen LogP contribution in [0.4, 0.5) is 5.69 Å².